The second-order valence-electron chi connectivity index (χ2n) is 7.93. The predicted molar refractivity (Wildman–Crippen MR) is 132 cm³/mol. The van der Waals surface area contributed by atoms with Gasteiger partial charge in [-0.05, 0) is 60.7 Å². The number of H-pyrrole nitrogens is 1. The summed E-state index contributed by atoms with van der Waals surface area (Å²) in [6.45, 7) is 0. The molecule has 5 aromatic rings. The number of fused-ring (bicyclic) bond motifs is 3. The number of carbonyl (C=O) groups is 2. The lowest BCUT2D eigenvalue weighted by molar-refractivity contribution is -0.385. The fourth-order valence-corrected chi connectivity index (χ4v) is 3.75. The van der Waals surface area contributed by atoms with E-state index in [-0.39, 0.29) is 34.0 Å². The fourth-order valence-electron chi connectivity index (χ4n) is 3.75. The molecule has 182 valence electrons. The van der Waals surface area contributed by atoms with Gasteiger partial charge in [0.05, 0.1) is 21.0 Å². The first-order chi connectivity index (χ1) is 17.8. The molecule has 0 aliphatic heterocycles. The zero-order valence-electron chi connectivity index (χ0n) is 18.7. The van der Waals surface area contributed by atoms with Gasteiger partial charge >= 0.3 is 11.9 Å². The van der Waals surface area contributed by atoms with Gasteiger partial charge in [-0.2, -0.15) is 0 Å². The number of hydrogen-bond donors (Lipinski definition) is 1. The van der Waals surface area contributed by atoms with Gasteiger partial charge in [0.1, 0.15) is 11.5 Å². The highest BCUT2D eigenvalue weighted by molar-refractivity contribution is 6.11. The van der Waals surface area contributed by atoms with Crippen molar-refractivity contribution in [3.63, 3.8) is 0 Å². The first-order valence-electron chi connectivity index (χ1n) is 10.8. The van der Waals surface area contributed by atoms with Crippen molar-refractivity contribution < 1.29 is 28.9 Å². The molecule has 0 amide bonds. The topological polar surface area (TPSA) is 155 Å². The summed E-state index contributed by atoms with van der Waals surface area (Å²) in [5.74, 6) is -0.991. The average Bonchev–Trinajstić information content (AvgIpc) is 3.26. The maximum absolute atomic E-state index is 12.7. The monoisotopic (exact) mass is 497 g/mol. The summed E-state index contributed by atoms with van der Waals surface area (Å²) in [6, 6.07) is 20.1. The maximum atomic E-state index is 12.7. The number of carbonyl (C=O) groups excluding carboxylic acids is 2. The zero-order chi connectivity index (χ0) is 26.1. The number of nitrogens with zero attached hydrogens (tertiary/aromatic N) is 2. The number of esters is 2. The molecule has 0 radical (unpaired) electrons. The summed E-state index contributed by atoms with van der Waals surface area (Å²) in [5, 5.41) is 22.9. The molecule has 0 saturated carbocycles. The first-order valence-corrected chi connectivity index (χ1v) is 10.8. The number of nitro groups is 2. The highest BCUT2D eigenvalue weighted by Crippen LogP contribution is 2.29. The molecule has 11 heteroatoms. The van der Waals surface area contributed by atoms with Gasteiger partial charge in [-0.1, -0.05) is 0 Å². The smallest absolute Gasteiger partial charge is 0.343 e. The second-order valence-corrected chi connectivity index (χ2v) is 7.93. The Morgan fingerprint density at radius 1 is 0.595 bits per heavy atom. The zero-order valence-corrected chi connectivity index (χ0v) is 18.7. The van der Waals surface area contributed by atoms with Crippen LogP contribution in [0, 0.1) is 20.2 Å². The van der Waals surface area contributed by atoms with Crippen LogP contribution in [0.2, 0.25) is 0 Å². The molecule has 0 bridgehead atoms. The number of rotatable bonds is 6. The van der Waals surface area contributed by atoms with Crippen LogP contribution in [0.3, 0.4) is 0 Å². The van der Waals surface area contributed by atoms with Crippen molar-refractivity contribution >= 4 is 45.1 Å². The summed E-state index contributed by atoms with van der Waals surface area (Å²) in [7, 11) is 0. The molecule has 5 rings (SSSR count). The molecule has 0 saturated heterocycles. The van der Waals surface area contributed by atoms with Gasteiger partial charge < -0.3 is 14.5 Å². The number of nitro benzene ring substituents is 2. The molecule has 37 heavy (non-hydrogen) atoms. The molecule has 0 spiro atoms. The lowest BCUT2D eigenvalue weighted by Crippen LogP contribution is -2.08. The molecule has 0 fully saturated rings. The van der Waals surface area contributed by atoms with E-state index in [1.54, 1.807) is 36.4 Å². The van der Waals surface area contributed by atoms with Crippen LogP contribution in [0.15, 0.2) is 84.9 Å². The summed E-state index contributed by atoms with van der Waals surface area (Å²) in [5.41, 5.74) is 1.69. The van der Waals surface area contributed by atoms with Crippen LogP contribution >= 0.6 is 0 Å². The molecule has 1 aromatic heterocycles. The Bertz CT molecular complexity index is 1580. The number of nitrogens with one attached hydrogen (secondary N) is 1. The number of benzene rings is 4. The summed E-state index contributed by atoms with van der Waals surface area (Å²) in [4.78, 5) is 49.1. The number of hydrogen-bond acceptors (Lipinski definition) is 8. The number of ether oxygens (including phenoxy) is 2. The van der Waals surface area contributed by atoms with E-state index in [2.05, 4.69) is 4.98 Å². The lowest BCUT2D eigenvalue weighted by atomic mass is 10.1. The van der Waals surface area contributed by atoms with Gasteiger partial charge in [-0.25, -0.2) is 9.59 Å². The van der Waals surface area contributed by atoms with Crippen molar-refractivity contribution in [2.24, 2.45) is 0 Å². The Morgan fingerprint density at radius 2 is 0.973 bits per heavy atom. The Hall–Kier alpha value is -5.58. The van der Waals surface area contributed by atoms with Crippen LogP contribution in [-0.4, -0.2) is 26.8 Å². The highest BCUT2D eigenvalue weighted by Gasteiger charge is 2.16. The molecule has 0 aliphatic rings. The normalized spacial score (nSPS) is 10.8. The minimum absolute atomic E-state index is 0.122. The minimum Gasteiger partial charge on any atom is -0.423 e. The van der Waals surface area contributed by atoms with Gasteiger partial charge in [0.2, 0.25) is 0 Å². The lowest BCUT2D eigenvalue weighted by Gasteiger charge is -2.05. The van der Waals surface area contributed by atoms with Crippen molar-refractivity contribution in [1.82, 2.24) is 4.98 Å². The van der Waals surface area contributed by atoms with Gasteiger partial charge in [0.15, 0.2) is 0 Å². The SMILES string of the molecule is O=C(Oc1ccc([N+](=O)[O-])cc1)c1ccc2[nH]c3ccc(C(=O)Oc4ccc([N+](=O)[O-])cc4)cc3c2c1. The van der Waals surface area contributed by atoms with Crippen LogP contribution in [0.5, 0.6) is 11.5 Å². The van der Waals surface area contributed by atoms with Gasteiger partial charge in [0.25, 0.3) is 11.4 Å². The molecule has 0 aliphatic carbocycles. The molecular formula is C26H15N3O8. The van der Waals surface area contributed by atoms with Crippen LogP contribution in [0.4, 0.5) is 11.4 Å². The van der Waals surface area contributed by atoms with Crippen LogP contribution < -0.4 is 9.47 Å². The van der Waals surface area contributed by atoms with Crippen LogP contribution in [0.1, 0.15) is 20.7 Å². The Balaban J connectivity index is 1.40. The van der Waals surface area contributed by atoms with Crippen molar-refractivity contribution in [2.75, 3.05) is 0 Å². The number of aromatic amines is 1. The molecule has 1 heterocycles. The third-order valence-electron chi connectivity index (χ3n) is 5.59. The molecule has 4 aromatic carbocycles. The van der Waals surface area contributed by atoms with Crippen LogP contribution in [-0.2, 0) is 0 Å². The van der Waals surface area contributed by atoms with Crippen molar-refractivity contribution in [3.8, 4) is 11.5 Å². The van der Waals surface area contributed by atoms with E-state index in [0.717, 1.165) is 11.0 Å². The van der Waals surface area contributed by atoms with Gasteiger partial charge in [0, 0.05) is 46.1 Å². The third-order valence-corrected chi connectivity index (χ3v) is 5.59. The highest BCUT2D eigenvalue weighted by atomic mass is 16.6. The van der Waals surface area contributed by atoms with Crippen LogP contribution in [0.25, 0.3) is 21.8 Å². The Kier molecular flexibility index (Phi) is 5.78. The number of aromatic nitrogens is 1. The molecule has 0 unspecified atom stereocenters. The molecule has 11 nitrogen and oxygen atoms in total. The summed E-state index contributed by atoms with van der Waals surface area (Å²) < 4.78 is 10.7. The van der Waals surface area contributed by atoms with E-state index >= 15 is 0 Å². The van der Waals surface area contributed by atoms with E-state index in [9.17, 15) is 29.8 Å². The Labute approximate surface area is 207 Å². The largest absolute Gasteiger partial charge is 0.423 e. The predicted octanol–water partition coefficient (Wildman–Crippen LogP) is 5.58. The fraction of sp³-hybridized carbons (Fsp3) is 0. The standard InChI is InChI=1S/C26H15N3O8/c30-25(36-19-7-3-17(4-8-19)28(32)33)15-1-11-23-21(13-15)22-14-16(2-12-24(22)27-23)26(31)37-20-9-5-18(6-10-20)29(34)35/h1-14,27H. The van der Waals surface area contributed by atoms with E-state index < -0.39 is 21.8 Å². The van der Waals surface area contributed by atoms with Gasteiger partial charge in [-0.15, -0.1) is 0 Å². The Morgan fingerprint density at radius 3 is 1.32 bits per heavy atom. The third kappa shape index (κ3) is 4.68. The minimum atomic E-state index is -0.654. The van der Waals surface area contributed by atoms with Gasteiger partial charge in [-0.3, -0.25) is 20.2 Å². The quantitative estimate of drug-likeness (QED) is 0.138. The second kappa shape index (κ2) is 9.23. The van der Waals surface area contributed by atoms with E-state index in [4.69, 9.17) is 9.47 Å². The summed E-state index contributed by atoms with van der Waals surface area (Å²) in [6.07, 6.45) is 0. The molecule has 0 atom stereocenters. The summed E-state index contributed by atoms with van der Waals surface area (Å²) >= 11 is 0. The molecular weight excluding hydrogens is 482 g/mol. The van der Waals surface area contributed by atoms with E-state index in [1.165, 1.54) is 48.5 Å². The molecule has 1 N–H and O–H groups in total. The van der Waals surface area contributed by atoms with E-state index in [1.807, 2.05) is 0 Å². The first kappa shape index (κ1) is 23.2. The van der Waals surface area contributed by atoms with Crippen molar-refractivity contribution in [3.05, 3.63) is 116 Å². The average molecular weight is 497 g/mol. The van der Waals surface area contributed by atoms with Crippen molar-refractivity contribution in [2.45, 2.75) is 0 Å². The number of non-ortho nitro benzene ring substituents is 2. The van der Waals surface area contributed by atoms with E-state index in [0.29, 0.717) is 10.8 Å². The maximum Gasteiger partial charge on any atom is 0.343 e. The van der Waals surface area contributed by atoms with Crippen molar-refractivity contribution in [1.29, 1.82) is 0 Å².